The molecule has 86 valence electrons. The Kier molecular flexibility index (Phi) is 3.81. The van der Waals surface area contributed by atoms with Crippen molar-refractivity contribution in [2.24, 2.45) is 0 Å². The molecule has 1 amide bonds. The van der Waals surface area contributed by atoms with Gasteiger partial charge in [-0.05, 0) is 53.3 Å². The van der Waals surface area contributed by atoms with Gasteiger partial charge in [0.25, 0.3) is 0 Å². The first kappa shape index (κ1) is 11.9. The summed E-state index contributed by atoms with van der Waals surface area (Å²) in [5, 5.41) is 0. The van der Waals surface area contributed by atoms with Crippen molar-refractivity contribution in [1.29, 1.82) is 0 Å². The number of halogens is 1. The predicted octanol–water partition coefficient (Wildman–Crippen LogP) is 2.22. The van der Waals surface area contributed by atoms with Gasteiger partial charge < -0.3 is 9.64 Å². The minimum Gasteiger partial charge on any atom is -0.380 e. The molecule has 0 atom stereocenters. The van der Waals surface area contributed by atoms with Crippen LogP contribution in [0.15, 0.2) is 18.2 Å². The van der Waals surface area contributed by atoms with Crippen molar-refractivity contribution in [3.63, 3.8) is 0 Å². The third kappa shape index (κ3) is 2.38. The number of carbonyl (C=O) groups excluding carboxylic acids is 1. The molecular weight excluding hydrogens is 317 g/mol. The van der Waals surface area contributed by atoms with Gasteiger partial charge in [-0.2, -0.15) is 0 Å². The van der Waals surface area contributed by atoms with E-state index in [2.05, 4.69) is 28.7 Å². The van der Waals surface area contributed by atoms with Gasteiger partial charge >= 0.3 is 0 Å². The minimum absolute atomic E-state index is 0.178. The van der Waals surface area contributed by atoms with Crippen LogP contribution in [0.2, 0.25) is 0 Å². The van der Waals surface area contributed by atoms with Gasteiger partial charge in [0, 0.05) is 22.4 Å². The van der Waals surface area contributed by atoms with Crippen LogP contribution in [0.3, 0.4) is 0 Å². The summed E-state index contributed by atoms with van der Waals surface area (Å²) in [4.78, 5) is 13.6. The highest BCUT2D eigenvalue weighted by atomic mass is 127. The summed E-state index contributed by atoms with van der Waals surface area (Å²) in [6, 6.07) is 6.13. The first-order valence-corrected chi connectivity index (χ1v) is 6.46. The predicted molar refractivity (Wildman–Crippen MR) is 71.7 cm³/mol. The van der Waals surface area contributed by atoms with Gasteiger partial charge in [0.15, 0.2) is 0 Å². The standard InChI is InChI=1S/C12H14INO2/c1-2-16-6-5-14-11-4-3-10(13)7-9(11)8-12(14)15/h3-4,7H,2,5-6,8H2,1H3. The largest absolute Gasteiger partial charge is 0.380 e. The van der Waals surface area contributed by atoms with E-state index < -0.39 is 0 Å². The van der Waals surface area contributed by atoms with Crippen LogP contribution in [-0.4, -0.2) is 25.7 Å². The van der Waals surface area contributed by atoms with Crippen molar-refractivity contribution in [3.8, 4) is 0 Å². The molecule has 1 heterocycles. The van der Waals surface area contributed by atoms with E-state index >= 15 is 0 Å². The second-order valence-corrected chi connectivity index (χ2v) is 4.94. The highest BCUT2D eigenvalue weighted by Gasteiger charge is 2.26. The Labute approximate surface area is 109 Å². The van der Waals surface area contributed by atoms with Crippen LogP contribution < -0.4 is 4.90 Å². The van der Waals surface area contributed by atoms with E-state index in [9.17, 15) is 4.79 Å². The van der Waals surface area contributed by atoms with Gasteiger partial charge in [0.2, 0.25) is 5.91 Å². The number of ether oxygens (including phenoxy) is 1. The monoisotopic (exact) mass is 331 g/mol. The molecule has 0 spiro atoms. The van der Waals surface area contributed by atoms with Crippen molar-refractivity contribution < 1.29 is 9.53 Å². The van der Waals surface area contributed by atoms with E-state index in [1.807, 2.05) is 24.0 Å². The maximum atomic E-state index is 11.8. The van der Waals surface area contributed by atoms with E-state index in [4.69, 9.17) is 4.74 Å². The summed E-state index contributed by atoms with van der Waals surface area (Å²) in [6.07, 6.45) is 0.526. The van der Waals surface area contributed by atoms with E-state index in [0.717, 1.165) is 11.3 Å². The second kappa shape index (κ2) is 5.14. The molecule has 2 rings (SSSR count). The van der Waals surface area contributed by atoms with Crippen molar-refractivity contribution >= 4 is 34.2 Å². The van der Waals surface area contributed by atoms with Gasteiger partial charge in [0.05, 0.1) is 13.0 Å². The lowest BCUT2D eigenvalue weighted by atomic mass is 10.2. The molecular formula is C12H14INO2. The first-order chi connectivity index (χ1) is 7.72. The Morgan fingerprint density at radius 3 is 3.06 bits per heavy atom. The van der Waals surface area contributed by atoms with Gasteiger partial charge in [-0.25, -0.2) is 0 Å². The third-order valence-corrected chi connectivity index (χ3v) is 3.31. The van der Waals surface area contributed by atoms with Gasteiger partial charge in [-0.15, -0.1) is 0 Å². The molecule has 16 heavy (non-hydrogen) atoms. The molecule has 0 aromatic heterocycles. The fourth-order valence-electron chi connectivity index (χ4n) is 1.90. The van der Waals surface area contributed by atoms with E-state index in [1.165, 1.54) is 3.57 Å². The summed E-state index contributed by atoms with van der Waals surface area (Å²) in [5.74, 6) is 0.178. The van der Waals surface area contributed by atoms with Crippen LogP contribution in [0.25, 0.3) is 0 Å². The molecule has 0 saturated carbocycles. The second-order valence-electron chi connectivity index (χ2n) is 3.69. The average Bonchev–Trinajstić information content (AvgIpc) is 2.55. The first-order valence-electron chi connectivity index (χ1n) is 5.39. The van der Waals surface area contributed by atoms with Crippen molar-refractivity contribution in [2.45, 2.75) is 13.3 Å². The Balaban J connectivity index is 2.13. The highest BCUT2D eigenvalue weighted by Crippen LogP contribution is 2.29. The summed E-state index contributed by atoms with van der Waals surface area (Å²) in [7, 11) is 0. The molecule has 3 nitrogen and oxygen atoms in total. The molecule has 0 aliphatic carbocycles. The van der Waals surface area contributed by atoms with Crippen molar-refractivity contribution in [1.82, 2.24) is 0 Å². The van der Waals surface area contributed by atoms with Gasteiger partial charge in [-0.1, -0.05) is 0 Å². The van der Waals surface area contributed by atoms with E-state index in [0.29, 0.717) is 26.2 Å². The topological polar surface area (TPSA) is 29.5 Å². The van der Waals surface area contributed by atoms with Crippen LogP contribution in [0, 0.1) is 3.57 Å². The van der Waals surface area contributed by atoms with E-state index in [1.54, 1.807) is 0 Å². The summed E-state index contributed by atoms with van der Waals surface area (Å²) < 4.78 is 6.46. The Bertz CT molecular complexity index is 406. The van der Waals surface area contributed by atoms with Crippen LogP contribution in [0.1, 0.15) is 12.5 Å². The number of hydrogen-bond acceptors (Lipinski definition) is 2. The number of anilines is 1. The molecule has 1 aliphatic heterocycles. The maximum absolute atomic E-state index is 11.8. The maximum Gasteiger partial charge on any atom is 0.231 e. The summed E-state index contributed by atoms with van der Waals surface area (Å²) >= 11 is 2.27. The Hall–Kier alpha value is -0.620. The highest BCUT2D eigenvalue weighted by molar-refractivity contribution is 14.1. The number of carbonyl (C=O) groups is 1. The SMILES string of the molecule is CCOCCN1C(=O)Cc2cc(I)ccc21. The fraction of sp³-hybridized carbons (Fsp3) is 0.417. The Morgan fingerprint density at radius 1 is 1.50 bits per heavy atom. The van der Waals surface area contributed by atoms with Crippen molar-refractivity contribution in [3.05, 3.63) is 27.3 Å². The van der Waals surface area contributed by atoms with Crippen LogP contribution >= 0.6 is 22.6 Å². The van der Waals surface area contributed by atoms with Gasteiger partial charge in [-0.3, -0.25) is 4.79 Å². The zero-order valence-corrected chi connectivity index (χ0v) is 11.4. The fourth-order valence-corrected chi connectivity index (χ4v) is 2.45. The molecule has 1 aromatic carbocycles. The van der Waals surface area contributed by atoms with Crippen LogP contribution in [-0.2, 0) is 16.0 Å². The molecule has 0 saturated heterocycles. The van der Waals surface area contributed by atoms with E-state index in [-0.39, 0.29) is 5.91 Å². The summed E-state index contributed by atoms with van der Waals surface area (Å²) in [5.41, 5.74) is 2.18. The van der Waals surface area contributed by atoms with Crippen LogP contribution in [0.4, 0.5) is 5.69 Å². The summed E-state index contributed by atoms with van der Waals surface area (Å²) in [6.45, 7) is 3.91. The average molecular weight is 331 g/mol. The molecule has 0 N–H and O–H groups in total. The van der Waals surface area contributed by atoms with Crippen LogP contribution in [0.5, 0.6) is 0 Å². The lowest BCUT2D eigenvalue weighted by Crippen LogP contribution is -2.30. The van der Waals surface area contributed by atoms with Gasteiger partial charge in [0.1, 0.15) is 0 Å². The number of hydrogen-bond donors (Lipinski definition) is 0. The zero-order valence-electron chi connectivity index (χ0n) is 9.20. The van der Waals surface area contributed by atoms with Crippen molar-refractivity contribution in [2.75, 3.05) is 24.7 Å². The lowest BCUT2D eigenvalue weighted by Gasteiger charge is -2.17. The number of rotatable bonds is 4. The number of fused-ring (bicyclic) bond motifs is 1. The zero-order chi connectivity index (χ0) is 11.5. The number of nitrogens with zero attached hydrogens (tertiary/aromatic N) is 1. The number of amides is 1. The molecule has 0 unspecified atom stereocenters. The quantitative estimate of drug-likeness (QED) is 0.625. The molecule has 0 fully saturated rings. The molecule has 4 heteroatoms. The molecule has 0 radical (unpaired) electrons. The molecule has 1 aromatic rings. The molecule has 1 aliphatic rings. The molecule has 0 bridgehead atoms. The number of benzene rings is 1. The Morgan fingerprint density at radius 2 is 2.31 bits per heavy atom. The smallest absolute Gasteiger partial charge is 0.231 e. The minimum atomic E-state index is 0.178. The normalized spacial score (nSPS) is 14.4. The third-order valence-electron chi connectivity index (χ3n) is 2.64. The lowest BCUT2D eigenvalue weighted by molar-refractivity contribution is -0.117.